The van der Waals surface area contributed by atoms with Crippen molar-refractivity contribution in [2.45, 2.75) is 137 Å². The van der Waals surface area contributed by atoms with Crippen LogP contribution in [0.4, 0.5) is 0 Å². The van der Waals surface area contributed by atoms with Gasteiger partial charge in [0, 0.05) is 5.92 Å². The largest absolute Gasteiger partial charge is 0.0882 e. The molecule has 0 radical (unpaired) electrons. The molecule has 0 aromatic rings. The lowest BCUT2D eigenvalue weighted by Gasteiger charge is -2.34. The van der Waals surface area contributed by atoms with Crippen LogP contribution >= 0.6 is 0 Å². The van der Waals surface area contributed by atoms with Crippen LogP contribution in [0.15, 0.2) is 48.6 Å². The van der Waals surface area contributed by atoms with E-state index in [1.54, 1.807) is 0 Å². The minimum absolute atomic E-state index is 0.558. The second kappa shape index (κ2) is 21.5. The monoisotopic (exact) mass is 454 g/mol. The molecule has 0 nitrogen and oxygen atoms in total. The maximum Gasteiger partial charge on any atom is 0.00153 e. The Hall–Kier alpha value is -1.04. The van der Waals surface area contributed by atoms with Gasteiger partial charge in [-0.25, -0.2) is 0 Å². The van der Waals surface area contributed by atoms with E-state index in [9.17, 15) is 0 Å². The lowest BCUT2D eigenvalue weighted by Crippen LogP contribution is -2.27. The van der Waals surface area contributed by atoms with Gasteiger partial charge in [-0.15, -0.1) is 0 Å². The first-order valence-corrected chi connectivity index (χ1v) is 14.9. The molecule has 1 rings (SSSR count). The van der Waals surface area contributed by atoms with Gasteiger partial charge in [0.25, 0.3) is 0 Å². The van der Waals surface area contributed by atoms with Gasteiger partial charge in [-0.3, -0.25) is 0 Å². The van der Waals surface area contributed by atoms with Crippen molar-refractivity contribution in [2.24, 2.45) is 23.7 Å². The molecule has 33 heavy (non-hydrogen) atoms. The minimum Gasteiger partial charge on any atom is -0.0882 e. The molecule has 4 atom stereocenters. The first kappa shape index (κ1) is 30.0. The molecule has 0 heteroatoms. The number of hydrogen-bond acceptors (Lipinski definition) is 0. The van der Waals surface area contributed by atoms with Crippen molar-refractivity contribution in [3.8, 4) is 0 Å². The fourth-order valence-corrected chi connectivity index (χ4v) is 5.09. The van der Waals surface area contributed by atoms with E-state index in [2.05, 4.69) is 76.3 Å². The molecule has 0 bridgehead atoms. The number of allylic oxidation sites excluding steroid dienone is 8. The average molecular weight is 455 g/mol. The lowest BCUT2D eigenvalue weighted by molar-refractivity contribution is 0.330. The molecule has 0 saturated carbocycles. The SMILES string of the molecule is CCCCC=CC1C(C)C=CC(C=CCCCCCCCC)C1C=CCCCCCCCC. The zero-order valence-electron chi connectivity index (χ0n) is 22.9. The maximum atomic E-state index is 2.58. The number of hydrogen-bond donors (Lipinski definition) is 0. The van der Waals surface area contributed by atoms with Gasteiger partial charge in [-0.05, 0) is 49.9 Å². The van der Waals surface area contributed by atoms with Gasteiger partial charge in [-0.2, -0.15) is 0 Å². The van der Waals surface area contributed by atoms with Gasteiger partial charge < -0.3 is 0 Å². The van der Waals surface area contributed by atoms with Gasteiger partial charge in [0.05, 0.1) is 0 Å². The van der Waals surface area contributed by atoms with Crippen molar-refractivity contribution in [2.75, 3.05) is 0 Å². The molecule has 4 unspecified atom stereocenters. The third-order valence-electron chi connectivity index (χ3n) is 7.38. The molecule has 190 valence electrons. The highest BCUT2D eigenvalue weighted by Crippen LogP contribution is 2.37. The van der Waals surface area contributed by atoms with Gasteiger partial charge in [0.2, 0.25) is 0 Å². The number of rotatable bonds is 20. The Balaban J connectivity index is 2.64. The summed E-state index contributed by atoms with van der Waals surface area (Å²) in [4.78, 5) is 0. The molecule has 0 N–H and O–H groups in total. The third-order valence-corrected chi connectivity index (χ3v) is 7.38. The van der Waals surface area contributed by atoms with Crippen molar-refractivity contribution >= 4 is 0 Å². The molecule has 0 aromatic carbocycles. The van der Waals surface area contributed by atoms with Crippen LogP contribution in [-0.4, -0.2) is 0 Å². The van der Waals surface area contributed by atoms with E-state index in [4.69, 9.17) is 0 Å². The summed E-state index contributed by atoms with van der Waals surface area (Å²) in [5.41, 5.74) is 0. The van der Waals surface area contributed by atoms with E-state index in [0.29, 0.717) is 23.7 Å². The van der Waals surface area contributed by atoms with Crippen molar-refractivity contribution in [3.63, 3.8) is 0 Å². The van der Waals surface area contributed by atoms with Crippen LogP contribution in [0.3, 0.4) is 0 Å². The topological polar surface area (TPSA) is 0 Å². The molecule has 0 aromatic heterocycles. The van der Waals surface area contributed by atoms with Crippen LogP contribution in [0.25, 0.3) is 0 Å². The summed E-state index contributed by atoms with van der Waals surface area (Å²) in [7, 11) is 0. The fraction of sp³-hybridized carbons (Fsp3) is 0.758. The summed E-state index contributed by atoms with van der Waals surface area (Å²) >= 11 is 0. The van der Waals surface area contributed by atoms with Gasteiger partial charge in [0.1, 0.15) is 0 Å². The summed E-state index contributed by atoms with van der Waals surface area (Å²) in [6.45, 7) is 9.30. The zero-order valence-corrected chi connectivity index (χ0v) is 22.9. The summed E-state index contributed by atoms with van der Waals surface area (Å²) in [5.74, 6) is 2.44. The van der Waals surface area contributed by atoms with Crippen molar-refractivity contribution in [3.05, 3.63) is 48.6 Å². The van der Waals surface area contributed by atoms with Crippen molar-refractivity contribution in [1.82, 2.24) is 0 Å². The first-order chi connectivity index (χ1) is 16.2. The molecule has 1 aliphatic rings. The third kappa shape index (κ3) is 14.7. The molecule has 0 spiro atoms. The van der Waals surface area contributed by atoms with E-state index in [1.807, 2.05) is 0 Å². The Morgan fingerprint density at radius 2 is 0.939 bits per heavy atom. The molecule has 0 amide bonds. The second-order valence-electron chi connectivity index (χ2n) is 10.5. The smallest absolute Gasteiger partial charge is 0.00153 e. The highest BCUT2D eigenvalue weighted by molar-refractivity contribution is 5.18. The van der Waals surface area contributed by atoms with E-state index in [1.165, 1.54) is 109 Å². The first-order valence-electron chi connectivity index (χ1n) is 14.9. The molecule has 0 heterocycles. The van der Waals surface area contributed by atoms with E-state index < -0.39 is 0 Å². The van der Waals surface area contributed by atoms with Crippen LogP contribution in [0, 0.1) is 23.7 Å². The number of unbranched alkanes of at least 4 members (excludes halogenated alkanes) is 14. The molecular formula is C33H58. The Labute approximate surface area is 209 Å². The van der Waals surface area contributed by atoms with Gasteiger partial charge in [-0.1, -0.05) is 153 Å². The summed E-state index contributed by atoms with van der Waals surface area (Å²) in [5, 5.41) is 0. The Kier molecular flexibility index (Phi) is 19.5. The fourth-order valence-electron chi connectivity index (χ4n) is 5.09. The molecule has 0 fully saturated rings. The summed E-state index contributed by atoms with van der Waals surface area (Å²) in [6, 6.07) is 0. The van der Waals surface area contributed by atoms with Crippen molar-refractivity contribution < 1.29 is 0 Å². The standard InChI is InChI=1S/C33H58/c1-5-8-11-14-16-18-20-22-25-31-29-28-30(4)32(26-23-13-10-7-3)33(31)27-24-21-19-17-15-12-9-6-2/h22-33H,5-21H2,1-4H3. The van der Waals surface area contributed by atoms with E-state index in [0.717, 1.165) is 0 Å². The lowest BCUT2D eigenvalue weighted by atomic mass is 9.70. The summed E-state index contributed by atoms with van der Waals surface area (Å²) in [6.07, 6.45) is 43.1. The van der Waals surface area contributed by atoms with Gasteiger partial charge in [0.15, 0.2) is 0 Å². The predicted molar refractivity (Wildman–Crippen MR) is 152 cm³/mol. The predicted octanol–water partition coefficient (Wildman–Crippen LogP) is 11.4. The van der Waals surface area contributed by atoms with E-state index >= 15 is 0 Å². The minimum atomic E-state index is 0.558. The quantitative estimate of drug-likeness (QED) is 0.127. The zero-order chi connectivity index (χ0) is 24.0. The Morgan fingerprint density at radius 1 is 0.485 bits per heavy atom. The Morgan fingerprint density at radius 3 is 1.52 bits per heavy atom. The highest BCUT2D eigenvalue weighted by atomic mass is 14.3. The second-order valence-corrected chi connectivity index (χ2v) is 10.5. The Bertz CT molecular complexity index is 534. The van der Waals surface area contributed by atoms with Crippen LogP contribution in [0.1, 0.15) is 137 Å². The average Bonchev–Trinajstić information content (AvgIpc) is 2.82. The maximum absolute atomic E-state index is 2.58. The molecule has 0 saturated heterocycles. The molecular weight excluding hydrogens is 396 g/mol. The molecule has 0 aliphatic heterocycles. The van der Waals surface area contributed by atoms with Gasteiger partial charge >= 0.3 is 0 Å². The van der Waals surface area contributed by atoms with Crippen LogP contribution in [0.5, 0.6) is 0 Å². The van der Waals surface area contributed by atoms with Crippen molar-refractivity contribution in [1.29, 1.82) is 0 Å². The van der Waals surface area contributed by atoms with Crippen LogP contribution in [0.2, 0.25) is 0 Å². The van der Waals surface area contributed by atoms with Crippen LogP contribution < -0.4 is 0 Å². The molecule has 1 aliphatic carbocycles. The van der Waals surface area contributed by atoms with E-state index in [-0.39, 0.29) is 0 Å². The van der Waals surface area contributed by atoms with Crippen LogP contribution in [-0.2, 0) is 0 Å². The summed E-state index contributed by atoms with van der Waals surface area (Å²) < 4.78 is 0. The highest BCUT2D eigenvalue weighted by Gasteiger charge is 2.29. The normalized spacial score (nSPS) is 23.5.